The second-order valence-electron chi connectivity index (χ2n) is 2.33. The Labute approximate surface area is 74.7 Å². The van der Waals surface area contributed by atoms with Crippen molar-refractivity contribution in [2.24, 2.45) is 0 Å². The highest BCUT2D eigenvalue weighted by atomic mass is 16.6. The van der Waals surface area contributed by atoms with E-state index in [0.29, 0.717) is 0 Å². The molecule has 0 fully saturated rings. The van der Waals surface area contributed by atoms with Crippen molar-refractivity contribution >= 4 is 5.97 Å². The van der Waals surface area contributed by atoms with Crippen LogP contribution in [0.25, 0.3) is 0 Å². The third-order valence-electron chi connectivity index (χ3n) is 1.25. The lowest BCUT2D eigenvalue weighted by Gasteiger charge is -2.19. The number of aliphatic hydroxyl groups is 4. The molecular formula is C7H12O6. The van der Waals surface area contributed by atoms with E-state index in [1.165, 1.54) is 0 Å². The Morgan fingerprint density at radius 3 is 2.46 bits per heavy atom. The van der Waals surface area contributed by atoms with Gasteiger partial charge in [0, 0.05) is 6.92 Å². The molecule has 0 heterocycles. The molecule has 76 valence electrons. The van der Waals surface area contributed by atoms with Crippen LogP contribution in [0.15, 0.2) is 12.0 Å². The van der Waals surface area contributed by atoms with Crippen molar-refractivity contribution in [3.05, 3.63) is 12.0 Å². The molecule has 0 aliphatic heterocycles. The molecule has 0 bridgehead atoms. The van der Waals surface area contributed by atoms with Gasteiger partial charge in [0.15, 0.2) is 11.9 Å². The molecule has 4 N–H and O–H groups in total. The van der Waals surface area contributed by atoms with E-state index in [2.05, 4.69) is 4.74 Å². The first-order valence-corrected chi connectivity index (χ1v) is 3.52. The summed E-state index contributed by atoms with van der Waals surface area (Å²) >= 11 is 0. The number of carbonyl (C=O) groups is 1. The van der Waals surface area contributed by atoms with Crippen LogP contribution in [0.4, 0.5) is 0 Å². The maximum Gasteiger partial charge on any atom is 0.303 e. The summed E-state index contributed by atoms with van der Waals surface area (Å²) < 4.78 is 4.43. The Balaban J connectivity index is 4.45. The topological polar surface area (TPSA) is 107 Å². The van der Waals surface area contributed by atoms with E-state index in [0.717, 1.165) is 6.92 Å². The molecule has 0 aromatic carbocycles. The summed E-state index contributed by atoms with van der Waals surface area (Å²) in [6.45, 7) is 0.373. The molecule has 0 radical (unpaired) electrons. The van der Waals surface area contributed by atoms with Gasteiger partial charge in [-0.15, -0.1) is 0 Å². The second kappa shape index (κ2) is 5.39. The number of hydrogen-bond acceptors (Lipinski definition) is 6. The van der Waals surface area contributed by atoms with Crippen molar-refractivity contribution in [2.75, 3.05) is 6.61 Å². The summed E-state index contributed by atoms with van der Waals surface area (Å²) in [4.78, 5) is 10.5. The molecule has 2 unspecified atom stereocenters. The molecular weight excluding hydrogens is 180 g/mol. The lowest BCUT2D eigenvalue weighted by Crippen LogP contribution is -2.35. The van der Waals surface area contributed by atoms with Gasteiger partial charge in [-0.1, -0.05) is 0 Å². The molecule has 0 spiro atoms. The number of hydrogen-bond donors (Lipinski definition) is 4. The minimum Gasteiger partial charge on any atom is -0.512 e. The van der Waals surface area contributed by atoms with E-state index in [1.807, 2.05) is 0 Å². The highest BCUT2D eigenvalue weighted by molar-refractivity contribution is 5.66. The lowest BCUT2D eigenvalue weighted by molar-refractivity contribution is -0.153. The Kier molecular flexibility index (Phi) is 4.86. The van der Waals surface area contributed by atoms with Crippen LogP contribution in [0.1, 0.15) is 6.92 Å². The maximum atomic E-state index is 10.5. The molecule has 0 rings (SSSR count). The van der Waals surface area contributed by atoms with Crippen LogP contribution in [-0.4, -0.2) is 45.2 Å². The standard InChI is InChI=1S/C7H12O6/c1-4(10)13-7(5(11)2-8)6(12)3-9/h2,6-9,11-12H,3H2,1H3/b5-2-. The number of ether oxygens (including phenoxy) is 1. The first kappa shape index (κ1) is 11.7. The van der Waals surface area contributed by atoms with Crippen molar-refractivity contribution in [3.8, 4) is 0 Å². The summed E-state index contributed by atoms with van der Waals surface area (Å²) in [6.07, 6.45) is -2.62. The predicted molar refractivity (Wildman–Crippen MR) is 42.0 cm³/mol. The Bertz CT molecular complexity index is 199. The summed E-state index contributed by atoms with van der Waals surface area (Å²) in [5, 5.41) is 34.8. The molecule has 0 aromatic rings. The largest absolute Gasteiger partial charge is 0.512 e. The number of rotatable bonds is 4. The highest BCUT2D eigenvalue weighted by Gasteiger charge is 2.25. The van der Waals surface area contributed by atoms with Gasteiger partial charge >= 0.3 is 5.97 Å². The Morgan fingerprint density at radius 1 is 1.62 bits per heavy atom. The molecule has 0 amide bonds. The van der Waals surface area contributed by atoms with Gasteiger partial charge in [0.25, 0.3) is 0 Å². The van der Waals surface area contributed by atoms with Crippen molar-refractivity contribution in [2.45, 2.75) is 19.1 Å². The number of aliphatic hydroxyl groups excluding tert-OH is 4. The molecule has 0 aliphatic carbocycles. The van der Waals surface area contributed by atoms with Crippen LogP contribution in [0.5, 0.6) is 0 Å². The molecule has 2 atom stereocenters. The maximum absolute atomic E-state index is 10.5. The monoisotopic (exact) mass is 192 g/mol. The smallest absolute Gasteiger partial charge is 0.303 e. The van der Waals surface area contributed by atoms with E-state index in [1.54, 1.807) is 0 Å². The normalized spacial score (nSPS) is 16.4. The van der Waals surface area contributed by atoms with Gasteiger partial charge in [0.1, 0.15) is 12.4 Å². The van der Waals surface area contributed by atoms with Crippen molar-refractivity contribution in [1.82, 2.24) is 0 Å². The van der Waals surface area contributed by atoms with Crippen LogP contribution in [0.3, 0.4) is 0 Å². The van der Waals surface area contributed by atoms with Crippen molar-refractivity contribution in [1.29, 1.82) is 0 Å². The quantitative estimate of drug-likeness (QED) is 0.344. The van der Waals surface area contributed by atoms with E-state index in [9.17, 15) is 4.79 Å². The fourth-order valence-corrected chi connectivity index (χ4v) is 0.684. The fraction of sp³-hybridized carbons (Fsp3) is 0.571. The van der Waals surface area contributed by atoms with E-state index in [4.69, 9.17) is 20.4 Å². The third kappa shape index (κ3) is 3.77. The molecule has 0 aliphatic rings. The SMILES string of the molecule is CC(=O)OC(/C(O)=C/O)C(O)CO. The van der Waals surface area contributed by atoms with Crippen LogP contribution in [0.2, 0.25) is 0 Å². The Morgan fingerprint density at radius 2 is 2.15 bits per heavy atom. The predicted octanol–water partition coefficient (Wildman–Crippen LogP) is -0.771. The van der Waals surface area contributed by atoms with Gasteiger partial charge in [-0.2, -0.15) is 0 Å². The van der Waals surface area contributed by atoms with Gasteiger partial charge < -0.3 is 25.2 Å². The minimum atomic E-state index is -1.47. The summed E-state index contributed by atoms with van der Waals surface area (Å²) in [5.41, 5.74) is 0. The lowest BCUT2D eigenvalue weighted by atomic mass is 10.2. The van der Waals surface area contributed by atoms with Crippen LogP contribution in [0, 0.1) is 0 Å². The van der Waals surface area contributed by atoms with Gasteiger partial charge in [-0.05, 0) is 0 Å². The molecule has 6 nitrogen and oxygen atoms in total. The zero-order valence-corrected chi connectivity index (χ0v) is 7.04. The third-order valence-corrected chi connectivity index (χ3v) is 1.25. The zero-order valence-electron chi connectivity index (χ0n) is 7.04. The minimum absolute atomic E-state index is 0.284. The van der Waals surface area contributed by atoms with E-state index in [-0.39, 0.29) is 6.26 Å². The van der Waals surface area contributed by atoms with E-state index < -0.39 is 30.5 Å². The second-order valence-corrected chi connectivity index (χ2v) is 2.33. The average molecular weight is 192 g/mol. The average Bonchev–Trinajstić information content (AvgIpc) is 2.11. The first-order valence-electron chi connectivity index (χ1n) is 3.52. The van der Waals surface area contributed by atoms with Crippen molar-refractivity contribution in [3.63, 3.8) is 0 Å². The van der Waals surface area contributed by atoms with Gasteiger partial charge in [0.2, 0.25) is 0 Å². The molecule has 0 aromatic heterocycles. The summed E-state index contributed by atoms with van der Waals surface area (Å²) in [6, 6.07) is 0. The van der Waals surface area contributed by atoms with Crippen LogP contribution >= 0.6 is 0 Å². The van der Waals surface area contributed by atoms with Crippen molar-refractivity contribution < 1.29 is 30.0 Å². The van der Waals surface area contributed by atoms with Gasteiger partial charge in [0.05, 0.1) is 6.61 Å². The molecule has 6 heteroatoms. The van der Waals surface area contributed by atoms with Crippen LogP contribution in [-0.2, 0) is 9.53 Å². The summed E-state index contributed by atoms with van der Waals surface area (Å²) in [5.74, 6) is -1.47. The fourth-order valence-electron chi connectivity index (χ4n) is 0.684. The first-order chi connectivity index (χ1) is 6.02. The number of carbonyl (C=O) groups excluding carboxylic acids is 1. The van der Waals surface area contributed by atoms with E-state index >= 15 is 0 Å². The summed E-state index contributed by atoms with van der Waals surface area (Å²) in [7, 11) is 0. The van der Waals surface area contributed by atoms with Gasteiger partial charge in [-0.25, -0.2) is 0 Å². The molecule has 0 saturated heterocycles. The molecule has 13 heavy (non-hydrogen) atoms. The van der Waals surface area contributed by atoms with Crippen LogP contribution < -0.4 is 0 Å². The van der Waals surface area contributed by atoms with Gasteiger partial charge in [-0.3, -0.25) is 4.79 Å². The highest BCUT2D eigenvalue weighted by Crippen LogP contribution is 2.08. The zero-order chi connectivity index (χ0) is 10.4. The Hall–Kier alpha value is -1.27. The molecule has 0 saturated carbocycles. The number of esters is 1.